The van der Waals surface area contributed by atoms with Gasteiger partial charge in [-0.3, -0.25) is 0 Å². The normalized spacial score (nSPS) is 29.9. The van der Waals surface area contributed by atoms with Crippen molar-refractivity contribution in [2.45, 2.75) is 45.6 Å². The molecule has 2 bridgehead atoms. The summed E-state index contributed by atoms with van der Waals surface area (Å²) in [6, 6.07) is 0. The summed E-state index contributed by atoms with van der Waals surface area (Å²) in [5, 5.41) is 0. The maximum Gasteiger partial charge on any atom is 0.121 e. The van der Waals surface area contributed by atoms with Gasteiger partial charge in [0.1, 0.15) is 11.9 Å². The molecule has 2 unspecified atom stereocenters. The van der Waals surface area contributed by atoms with Gasteiger partial charge in [-0.05, 0) is 56.3 Å². The van der Waals surface area contributed by atoms with Crippen molar-refractivity contribution in [3.63, 3.8) is 0 Å². The first-order valence-corrected chi connectivity index (χ1v) is 7.04. The van der Waals surface area contributed by atoms with Gasteiger partial charge in [-0.25, -0.2) is 0 Å². The third-order valence-electron chi connectivity index (χ3n) is 4.12. The average molecular weight is 256 g/mol. The molecule has 1 heteroatoms. The largest absolute Gasteiger partial charge is 0.486 e. The van der Waals surface area contributed by atoms with Crippen molar-refractivity contribution >= 4 is 0 Å². The predicted octanol–water partition coefficient (Wildman–Crippen LogP) is 5.09. The minimum absolute atomic E-state index is 0.194. The van der Waals surface area contributed by atoms with E-state index in [2.05, 4.69) is 38.8 Å². The van der Waals surface area contributed by atoms with Gasteiger partial charge in [0.15, 0.2) is 0 Å². The van der Waals surface area contributed by atoms with Crippen molar-refractivity contribution in [2.75, 3.05) is 0 Å². The molecule has 0 aromatic heterocycles. The molecule has 0 aromatic carbocycles. The van der Waals surface area contributed by atoms with Crippen molar-refractivity contribution < 1.29 is 4.74 Å². The highest BCUT2D eigenvalue weighted by atomic mass is 16.5. The second-order valence-corrected chi connectivity index (χ2v) is 5.80. The van der Waals surface area contributed by atoms with Gasteiger partial charge in [-0.15, -0.1) is 0 Å². The Bertz CT molecular complexity index is 476. The zero-order valence-electron chi connectivity index (χ0n) is 12.2. The van der Waals surface area contributed by atoms with E-state index in [1.807, 2.05) is 6.92 Å². The van der Waals surface area contributed by atoms with Crippen LogP contribution in [-0.2, 0) is 4.74 Å². The van der Waals surface area contributed by atoms with E-state index in [0.29, 0.717) is 5.92 Å². The van der Waals surface area contributed by atoms with Gasteiger partial charge in [0.2, 0.25) is 0 Å². The van der Waals surface area contributed by atoms with Crippen molar-refractivity contribution in [1.29, 1.82) is 0 Å². The lowest BCUT2D eigenvalue weighted by atomic mass is 9.85. The Kier molecular flexibility index (Phi) is 4.14. The molecule has 0 spiro atoms. The quantitative estimate of drug-likeness (QED) is 0.493. The maximum atomic E-state index is 5.80. The number of fused-ring (bicyclic) bond motifs is 1. The zero-order chi connectivity index (χ0) is 14.0. The van der Waals surface area contributed by atoms with Crippen LogP contribution in [0.4, 0.5) is 0 Å². The van der Waals surface area contributed by atoms with Gasteiger partial charge in [0.05, 0.1) is 0 Å². The third kappa shape index (κ3) is 3.28. The summed E-state index contributed by atoms with van der Waals surface area (Å²) < 4.78 is 5.80. The molecule has 0 saturated heterocycles. The third-order valence-corrected chi connectivity index (χ3v) is 4.12. The lowest BCUT2D eigenvalue weighted by molar-refractivity contribution is 0.181. The monoisotopic (exact) mass is 256 g/mol. The van der Waals surface area contributed by atoms with Gasteiger partial charge in [-0.2, -0.15) is 0 Å². The standard InChI is InChI=1S/C18H24O/c1-12(2)14(4)16-7-6-13(3)10-18-11-17(9-8-16)15(5)19-18/h6,11,16,18H,1,4-5,7-10H2,2-3H3/b13-6+. The van der Waals surface area contributed by atoms with E-state index >= 15 is 0 Å². The van der Waals surface area contributed by atoms with Crippen molar-refractivity contribution in [3.05, 3.63) is 59.9 Å². The molecule has 1 aliphatic heterocycles. The first kappa shape index (κ1) is 13.9. The van der Waals surface area contributed by atoms with Crippen LogP contribution in [0.3, 0.4) is 0 Å². The van der Waals surface area contributed by atoms with E-state index in [1.165, 1.54) is 16.7 Å². The molecule has 2 rings (SSSR count). The van der Waals surface area contributed by atoms with Crippen LogP contribution in [0.5, 0.6) is 0 Å². The second kappa shape index (κ2) is 5.64. The van der Waals surface area contributed by atoms with Crippen LogP contribution in [0.25, 0.3) is 0 Å². The van der Waals surface area contributed by atoms with Crippen LogP contribution in [-0.4, -0.2) is 6.10 Å². The molecule has 2 aliphatic rings. The zero-order valence-corrected chi connectivity index (χ0v) is 12.2. The molecule has 1 nitrogen and oxygen atoms in total. The molecule has 0 aromatic rings. The van der Waals surface area contributed by atoms with E-state index in [0.717, 1.165) is 37.0 Å². The Hall–Kier alpha value is -1.50. The average Bonchev–Trinajstić information content (AvgIpc) is 2.67. The minimum atomic E-state index is 0.194. The smallest absolute Gasteiger partial charge is 0.121 e. The van der Waals surface area contributed by atoms with Crippen molar-refractivity contribution in [2.24, 2.45) is 5.92 Å². The van der Waals surface area contributed by atoms with Crippen LogP contribution in [0.2, 0.25) is 0 Å². The Morgan fingerprint density at radius 1 is 1.37 bits per heavy atom. The van der Waals surface area contributed by atoms with E-state index in [1.54, 1.807) is 0 Å². The van der Waals surface area contributed by atoms with E-state index < -0.39 is 0 Å². The molecule has 0 fully saturated rings. The Morgan fingerprint density at radius 2 is 2.11 bits per heavy atom. The van der Waals surface area contributed by atoms with Gasteiger partial charge in [0, 0.05) is 6.42 Å². The maximum absolute atomic E-state index is 5.80. The molecule has 2 atom stereocenters. The fourth-order valence-electron chi connectivity index (χ4n) is 2.79. The lowest BCUT2D eigenvalue weighted by Crippen LogP contribution is -2.06. The number of hydrogen-bond donors (Lipinski definition) is 0. The number of ether oxygens (including phenoxy) is 1. The van der Waals surface area contributed by atoms with Crippen molar-refractivity contribution in [3.8, 4) is 0 Å². The predicted molar refractivity (Wildman–Crippen MR) is 81.8 cm³/mol. The molecule has 1 heterocycles. The molecular weight excluding hydrogens is 232 g/mol. The SMILES string of the molecule is C=C(C)C(=C)C1C/C=C(\C)CC2C=C(CC1)C(=C)O2. The van der Waals surface area contributed by atoms with Crippen LogP contribution in [0, 0.1) is 5.92 Å². The van der Waals surface area contributed by atoms with Gasteiger partial charge in [-0.1, -0.05) is 37.0 Å². The molecule has 0 amide bonds. The molecule has 102 valence electrons. The van der Waals surface area contributed by atoms with Crippen LogP contribution >= 0.6 is 0 Å². The molecular formula is C18H24O. The summed E-state index contributed by atoms with van der Waals surface area (Å²) in [6.45, 7) is 16.5. The van der Waals surface area contributed by atoms with E-state index in [-0.39, 0.29) is 6.10 Å². The van der Waals surface area contributed by atoms with Gasteiger partial charge < -0.3 is 4.74 Å². The topological polar surface area (TPSA) is 9.23 Å². The summed E-state index contributed by atoms with van der Waals surface area (Å²) >= 11 is 0. The lowest BCUT2D eigenvalue weighted by Gasteiger charge is -2.19. The first-order valence-electron chi connectivity index (χ1n) is 7.04. The van der Waals surface area contributed by atoms with Crippen LogP contribution < -0.4 is 0 Å². The highest BCUT2D eigenvalue weighted by molar-refractivity contribution is 5.33. The number of allylic oxidation sites excluding steroid dienone is 4. The van der Waals surface area contributed by atoms with E-state index in [4.69, 9.17) is 4.74 Å². The fraction of sp³-hybridized carbons (Fsp3) is 0.444. The summed E-state index contributed by atoms with van der Waals surface area (Å²) in [6.07, 6.45) is 8.92. The van der Waals surface area contributed by atoms with Crippen molar-refractivity contribution in [1.82, 2.24) is 0 Å². The highest BCUT2D eigenvalue weighted by Crippen LogP contribution is 2.34. The van der Waals surface area contributed by atoms with E-state index in [9.17, 15) is 0 Å². The minimum Gasteiger partial charge on any atom is -0.486 e. The highest BCUT2D eigenvalue weighted by Gasteiger charge is 2.23. The molecule has 0 saturated carbocycles. The molecule has 0 N–H and O–H groups in total. The molecule has 19 heavy (non-hydrogen) atoms. The Balaban J connectivity index is 2.19. The fourth-order valence-corrected chi connectivity index (χ4v) is 2.79. The van der Waals surface area contributed by atoms with Crippen LogP contribution in [0.1, 0.15) is 39.5 Å². The molecule has 1 aliphatic carbocycles. The first-order chi connectivity index (χ1) is 8.97. The Morgan fingerprint density at radius 3 is 2.79 bits per heavy atom. The summed E-state index contributed by atoms with van der Waals surface area (Å²) in [7, 11) is 0. The second-order valence-electron chi connectivity index (χ2n) is 5.80. The summed E-state index contributed by atoms with van der Waals surface area (Å²) in [4.78, 5) is 0. The Labute approximate surface area is 117 Å². The molecule has 0 radical (unpaired) electrons. The summed E-state index contributed by atoms with van der Waals surface area (Å²) in [5.41, 5.74) is 4.95. The van der Waals surface area contributed by atoms with Crippen LogP contribution in [0.15, 0.2) is 59.9 Å². The van der Waals surface area contributed by atoms with Gasteiger partial charge >= 0.3 is 0 Å². The number of rotatable bonds is 2. The number of hydrogen-bond acceptors (Lipinski definition) is 1. The van der Waals surface area contributed by atoms with Gasteiger partial charge in [0.25, 0.3) is 0 Å². The summed E-state index contributed by atoms with van der Waals surface area (Å²) in [5.74, 6) is 1.35.